The van der Waals surface area contributed by atoms with Crippen LogP contribution in [0.25, 0.3) is 0 Å². The van der Waals surface area contributed by atoms with Gasteiger partial charge in [0.15, 0.2) is 0 Å². The molecule has 0 bridgehead atoms. The van der Waals surface area contributed by atoms with E-state index in [9.17, 15) is 8.42 Å². The van der Waals surface area contributed by atoms with Gasteiger partial charge in [-0.25, -0.2) is 13.1 Å². The third-order valence-electron chi connectivity index (χ3n) is 4.25. The van der Waals surface area contributed by atoms with Crippen LogP contribution >= 0.6 is 0 Å². The predicted octanol–water partition coefficient (Wildman–Crippen LogP) is 1.74. The van der Waals surface area contributed by atoms with Gasteiger partial charge in [0.1, 0.15) is 0 Å². The van der Waals surface area contributed by atoms with Gasteiger partial charge in [-0.2, -0.15) is 0 Å². The summed E-state index contributed by atoms with van der Waals surface area (Å²) in [5.41, 5.74) is 0.927. The van der Waals surface area contributed by atoms with Crippen LogP contribution in [0.4, 0.5) is 0 Å². The van der Waals surface area contributed by atoms with Crippen LogP contribution in [0.3, 0.4) is 0 Å². The Balaban J connectivity index is 1.49. The van der Waals surface area contributed by atoms with E-state index in [4.69, 9.17) is 0 Å². The number of aromatic amines is 1. The van der Waals surface area contributed by atoms with Gasteiger partial charge in [-0.3, -0.25) is 0 Å². The van der Waals surface area contributed by atoms with Crippen LogP contribution in [0.2, 0.25) is 0 Å². The Morgan fingerprint density at radius 3 is 2.70 bits per heavy atom. The molecule has 0 atom stereocenters. The summed E-state index contributed by atoms with van der Waals surface area (Å²) in [5, 5.41) is 3.36. The summed E-state index contributed by atoms with van der Waals surface area (Å²) >= 11 is 0. The van der Waals surface area contributed by atoms with E-state index in [1.54, 1.807) is 12.3 Å². The van der Waals surface area contributed by atoms with Gasteiger partial charge in [-0.05, 0) is 31.2 Å². The molecule has 1 heterocycles. The van der Waals surface area contributed by atoms with Gasteiger partial charge < -0.3 is 10.3 Å². The van der Waals surface area contributed by atoms with Crippen molar-refractivity contribution in [3.63, 3.8) is 0 Å². The molecule has 20 heavy (non-hydrogen) atoms. The minimum absolute atomic E-state index is 0.346. The van der Waals surface area contributed by atoms with Crippen molar-refractivity contribution in [1.29, 1.82) is 0 Å². The maximum Gasteiger partial charge on any atom is 0.242 e. The number of rotatable bonds is 8. The Morgan fingerprint density at radius 1 is 1.25 bits per heavy atom. The Kier molecular flexibility index (Phi) is 4.14. The van der Waals surface area contributed by atoms with Crippen LogP contribution < -0.4 is 10.0 Å². The van der Waals surface area contributed by atoms with E-state index < -0.39 is 10.0 Å². The Morgan fingerprint density at radius 2 is 2.05 bits per heavy atom. The van der Waals surface area contributed by atoms with Gasteiger partial charge in [0, 0.05) is 31.0 Å². The fourth-order valence-electron chi connectivity index (χ4n) is 2.48. The van der Waals surface area contributed by atoms with Crippen LogP contribution in [0.1, 0.15) is 44.2 Å². The molecule has 3 rings (SSSR count). The molecule has 0 saturated heterocycles. The highest BCUT2D eigenvalue weighted by atomic mass is 32.2. The van der Waals surface area contributed by atoms with Crippen LogP contribution in [0.15, 0.2) is 17.2 Å². The lowest BCUT2D eigenvalue weighted by molar-refractivity contribution is 0.297. The van der Waals surface area contributed by atoms with E-state index in [2.05, 4.69) is 15.0 Å². The molecule has 6 heteroatoms. The van der Waals surface area contributed by atoms with Gasteiger partial charge in [0.05, 0.1) is 4.90 Å². The molecule has 2 aliphatic carbocycles. The number of nitrogens with one attached hydrogen (secondary N) is 3. The molecule has 5 nitrogen and oxygen atoms in total. The van der Waals surface area contributed by atoms with Crippen LogP contribution in [0.5, 0.6) is 0 Å². The van der Waals surface area contributed by atoms with E-state index >= 15 is 0 Å². The highest BCUT2D eigenvalue weighted by Gasteiger charge is 2.22. The molecule has 3 N–H and O–H groups in total. The Bertz CT molecular complexity index is 545. The lowest BCUT2D eigenvalue weighted by Crippen LogP contribution is -2.27. The fourth-order valence-corrected chi connectivity index (χ4v) is 3.54. The molecular formula is C14H23N3O2S. The molecule has 0 aliphatic heterocycles. The summed E-state index contributed by atoms with van der Waals surface area (Å²) < 4.78 is 27.0. The normalized spacial score (nSPS) is 20.0. The zero-order valence-electron chi connectivity index (χ0n) is 11.7. The van der Waals surface area contributed by atoms with Crippen molar-refractivity contribution in [2.75, 3.05) is 6.54 Å². The number of hydrogen-bond acceptors (Lipinski definition) is 3. The summed E-state index contributed by atoms with van der Waals surface area (Å²) in [4.78, 5) is 3.38. The molecule has 2 fully saturated rings. The topological polar surface area (TPSA) is 74.0 Å². The first-order valence-electron chi connectivity index (χ1n) is 7.54. The lowest BCUT2D eigenvalue weighted by atomic mass is 9.83. The molecule has 0 spiro atoms. The molecule has 0 amide bonds. The van der Waals surface area contributed by atoms with E-state index in [1.807, 2.05) is 0 Å². The first kappa shape index (κ1) is 14.1. The lowest BCUT2D eigenvalue weighted by Gasteiger charge is -2.24. The Hall–Kier alpha value is -0.850. The summed E-state index contributed by atoms with van der Waals surface area (Å²) in [6.45, 7) is 1.26. The second-order valence-corrected chi connectivity index (χ2v) is 7.77. The predicted molar refractivity (Wildman–Crippen MR) is 77.8 cm³/mol. The average Bonchev–Trinajstić information content (AvgIpc) is 3.06. The fraction of sp³-hybridized carbons (Fsp3) is 0.714. The number of sulfonamides is 1. The van der Waals surface area contributed by atoms with Crippen molar-refractivity contribution in [2.24, 2.45) is 5.92 Å². The van der Waals surface area contributed by atoms with Gasteiger partial charge in [-0.1, -0.05) is 19.3 Å². The minimum Gasteiger partial charge on any atom is -0.363 e. The van der Waals surface area contributed by atoms with Gasteiger partial charge in [0.25, 0.3) is 0 Å². The van der Waals surface area contributed by atoms with E-state index in [0.29, 0.717) is 24.0 Å². The minimum atomic E-state index is -3.35. The average molecular weight is 297 g/mol. The highest BCUT2D eigenvalue weighted by Crippen LogP contribution is 2.28. The molecule has 2 aliphatic rings. The molecule has 1 aromatic rings. The van der Waals surface area contributed by atoms with Gasteiger partial charge >= 0.3 is 0 Å². The van der Waals surface area contributed by atoms with Crippen LogP contribution in [-0.2, 0) is 16.6 Å². The number of H-pyrrole nitrogens is 1. The van der Waals surface area contributed by atoms with Gasteiger partial charge in [0.2, 0.25) is 10.0 Å². The number of hydrogen-bond donors (Lipinski definition) is 3. The van der Waals surface area contributed by atoms with Crippen molar-refractivity contribution >= 4 is 10.0 Å². The monoisotopic (exact) mass is 297 g/mol. The quantitative estimate of drug-likeness (QED) is 0.684. The van der Waals surface area contributed by atoms with E-state index in [-0.39, 0.29) is 0 Å². The molecule has 1 aromatic heterocycles. The van der Waals surface area contributed by atoms with Crippen molar-refractivity contribution in [3.8, 4) is 0 Å². The second kappa shape index (κ2) is 5.87. The third-order valence-corrected chi connectivity index (χ3v) is 5.70. The third kappa shape index (κ3) is 3.62. The zero-order chi connectivity index (χ0) is 14.0. The first-order chi connectivity index (χ1) is 9.63. The molecule has 0 aromatic carbocycles. The summed E-state index contributed by atoms with van der Waals surface area (Å²) in [5.74, 6) is 0.724. The van der Waals surface area contributed by atoms with Gasteiger partial charge in [-0.15, -0.1) is 0 Å². The highest BCUT2D eigenvalue weighted by molar-refractivity contribution is 7.89. The van der Waals surface area contributed by atoms with E-state index in [1.165, 1.54) is 32.1 Å². The van der Waals surface area contributed by atoms with Crippen molar-refractivity contribution in [1.82, 2.24) is 15.0 Å². The molecule has 2 saturated carbocycles. The summed E-state index contributed by atoms with van der Waals surface area (Å²) in [7, 11) is -3.35. The molecular weight excluding hydrogens is 274 g/mol. The maximum atomic E-state index is 12.1. The Labute approximate surface area is 120 Å². The zero-order valence-corrected chi connectivity index (χ0v) is 12.5. The SMILES string of the molecule is O=S(=O)(NCCC1CCC1)c1c[nH]c(CNC2CC2)c1. The summed E-state index contributed by atoms with van der Waals surface area (Å²) in [6.07, 6.45) is 8.80. The molecule has 0 radical (unpaired) electrons. The largest absolute Gasteiger partial charge is 0.363 e. The standard InChI is InChI=1S/C14H23N3O2S/c18-20(19,17-7-6-11-2-1-3-11)14-8-13(16-10-14)9-15-12-4-5-12/h8,10-12,15-17H,1-7,9H2. The van der Waals surface area contributed by atoms with E-state index in [0.717, 1.165) is 18.0 Å². The van der Waals surface area contributed by atoms with Crippen molar-refractivity contribution in [2.45, 2.75) is 56.0 Å². The smallest absolute Gasteiger partial charge is 0.242 e. The molecule has 0 unspecified atom stereocenters. The second-order valence-electron chi connectivity index (χ2n) is 6.00. The van der Waals surface area contributed by atoms with Crippen molar-refractivity contribution in [3.05, 3.63) is 18.0 Å². The summed E-state index contributed by atoms with van der Waals surface area (Å²) in [6, 6.07) is 2.35. The van der Waals surface area contributed by atoms with Crippen LogP contribution in [0, 0.1) is 5.92 Å². The van der Waals surface area contributed by atoms with Crippen molar-refractivity contribution < 1.29 is 8.42 Å². The van der Waals surface area contributed by atoms with Crippen LogP contribution in [-0.4, -0.2) is 26.0 Å². The number of aromatic nitrogens is 1. The molecule has 112 valence electrons. The first-order valence-corrected chi connectivity index (χ1v) is 9.02. The maximum absolute atomic E-state index is 12.1.